The van der Waals surface area contributed by atoms with E-state index in [9.17, 15) is 9.90 Å². The van der Waals surface area contributed by atoms with E-state index in [2.05, 4.69) is 4.98 Å². The maximum atomic E-state index is 12.8. The van der Waals surface area contributed by atoms with Crippen LogP contribution in [0.4, 0.5) is 0 Å². The van der Waals surface area contributed by atoms with Gasteiger partial charge in [-0.05, 0) is 30.5 Å². The van der Waals surface area contributed by atoms with Crippen LogP contribution < -0.4 is 4.74 Å². The fourth-order valence-corrected chi connectivity index (χ4v) is 3.09. The summed E-state index contributed by atoms with van der Waals surface area (Å²) in [5, 5.41) is 10.1. The largest absolute Gasteiger partial charge is 0.497 e. The molecule has 6 heteroatoms. The van der Waals surface area contributed by atoms with E-state index in [1.807, 2.05) is 31.2 Å². The minimum atomic E-state index is -0.549. The molecule has 6 nitrogen and oxygen atoms in total. The second-order valence-corrected chi connectivity index (χ2v) is 6.02. The Hall–Kier alpha value is -2.34. The van der Waals surface area contributed by atoms with E-state index in [-0.39, 0.29) is 18.5 Å². The monoisotopic (exact) mass is 330 g/mol. The number of nitrogens with zero attached hydrogens (tertiary/aromatic N) is 2. The van der Waals surface area contributed by atoms with Crippen molar-refractivity contribution in [3.63, 3.8) is 0 Å². The molecule has 1 aromatic carbocycles. The summed E-state index contributed by atoms with van der Waals surface area (Å²) in [5.41, 5.74) is 1.23. The number of β-amino-alcohol motifs (C(OH)–C–C–N with tert-alkyl or cyclic N) is 1. The van der Waals surface area contributed by atoms with E-state index >= 15 is 0 Å². The lowest BCUT2D eigenvalue weighted by Crippen LogP contribution is -2.32. The predicted octanol–water partition coefficient (Wildman–Crippen LogP) is 2.58. The van der Waals surface area contributed by atoms with Crippen molar-refractivity contribution < 1.29 is 19.1 Å². The molecule has 2 aromatic rings. The van der Waals surface area contributed by atoms with E-state index < -0.39 is 6.10 Å². The summed E-state index contributed by atoms with van der Waals surface area (Å²) in [5.74, 6) is 1.08. The predicted molar refractivity (Wildman–Crippen MR) is 87.9 cm³/mol. The SMILES string of the molecule is CCCc1nc(C(=O)N2C[C@H](O)C[C@@H]2c2cccc(OC)c2)co1. The summed E-state index contributed by atoms with van der Waals surface area (Å²) in [6.07, 6.45) is 2.96. The van der Waals surface area contributed by atoms with Crippen LogP contribution in [0.1, 0.15) is 47.7 Å². The number of methoxy groups -OCH3 is 1. The third-order valence-corrected chi connectivity index (χ3v) is 4.25. The smallest absolute Gasteiger partial charge is 0.276 e. The Morgan fingerprint density at radius 1 is 1.50 bits per heavy atom. The van der Waals surface area contributed by atoms with Gasteiger partial charge in [-0.25, -0.2) is 4.98 Å². The lowest BCUT2D eigenvalue weighted by molar-refractivity contribution is 0.0709. The molecule has 3 rings (SSSR count). The van der Waals surface area contributed by atoms with Crippen LogP contribution in [0, 0.1) is 0 Å². The number of ether oxygens (including phenoxy) is 1. The summed E-state index contributed by atoms with van der Waals surface area (Å²) < 4.78 is 10.6. The van der Waals surface area contributed by atoms with Gasteiger partial charge < -0.3 is 19.2 Å². The molecule has 0 radical (unpaired) electrons. The summed E-state index contributed by atoms with van der Waals surface area (Å²) in [6, 6.07) is 7.38. The molecule has 1 fully saturated rings. The van der Waals surface area contributed by atoms with Gasteiger partial charge in [0.25, 0.3) is 5.91 Å². The van der Waals surface area contributed by atoms with Gasteiger partial charge in [0.1, 0.15) is 12.0 Å². The van der Waals surface area contributed by atoms with Gasteiger partial charge in [0.15, 0.2) is 11.6 Å². The lowest BCUT2D eigenvalue weighted by Gasteiger charge is -2.24. The van der Waals surface area contributed by atoms with Crippen LogP contribution in [0.25, 0.3) is 0 Å². The van der Waals surface area contributed by atoms with Crippen LogP contribution >= 0.6 is 0 Å². The number of likely N-dealkylation sites (tertiary alicyclic amines) is 1. The zero-order valence-corrected chi connectivity index (χ0v) is 13.9. The third kappa shape index (κ3) is 3.28. The van der Waals surface area contributed by atoms with Crippen molar-refractivity contribution in [2.24, 2.45) is 0 Å². The number of amides is 1. The number of rotatable bonds is 5. The van der Waals surface area contributed by atoms with Crippen molar-refractivity contribution in [3.05, 3.63) is 47.7 Å². The van der Waals surface area contributed by atoms with Crippen LogP contribution in [0.15, 0.2) is 34.9 Å². The van der Waals surface area contributed by atoms with E-state index in [0.29, 0.717) is 24.4 Å². The molecule has 1 aliphatic rings. The normalized spacial score (nSPS) is 20.4. The number of aromatic nitrogens is 1. The van der Waals surface area contributed by atoms with Crippen molar-refractivity contribution >= 4 is 5.91 Å². The van der Waals surface area contributed by atoms with Crippen molar-refractivity contribution in [3.8, 4) is 5.75 Å². The molecule has 0 saturated carbocycles. The Bertz CT molecular complexity index is 713. The first-order valence-electron chi connectivity index (χ1n) is 8.19. The van der Waals surface area contributed by atoms with E-state index in [1.165, 1.54) is 6.26 Å². The second kappa shape index (κ2) is 7.05. The highest BCUT2D eigenvalue weighted by molar-refractivity contribution is 5.92. The Morgan fingerprint density at radius 3 is 3.08 bits per heavy atom. The third-order valence-electron chi connectivity index (χ3n) is 4.25. The van der Waals surface area contributed by atoms with Crippen molar-refractivity contribution in [2.45, 2.75) is 38.3 Å². The van der Waals surface area contributed by atoms with Gasteiger partial charge in [0, 0.05) is 13.0 Å². The Balaban J connectivity index is 1.85. The van der Waals surface area contributed by atoms with Crippen molar-refractivity contribution in [1.82, 2.24) is 9.88 Å². The van der Waals surface area contributed by atoms with Gasteiger partial charge in [0.05, 0.1) is 19.3 Å². The molecule has 0 unspecified atom stereocenters. The zero-order valence-electron chi connectivity index (χ0n) is 13.9. The molecule has 1 N–H and O–H groups in total. The molecule has 128 valence electrons. The summed E-state index contributed by atoms with van der Waals surface area (Å²) in [7, 11) is 1.61. The van der Waals surface area contributed by atoms with Gasteiger partial charge in [0.2, 0.25) is 0 Å². The highest BCUT2D eigenvalue weighted by Crippen LogP contribution is 2.34. The fraction of sp³-hybridized carbons (Fsp3) is 0.444. The number of aryl methyl sites for hydroxylation is 1. The molecule has 0 aliphatic carbocycles. The zero-order chi connectivity index (χ0) is 17.1. The van der Waals surface area contributed by atoms with Gasteiger partial charge in [-0.2, -0.15) is 0 Å². The van der Waals surface area contributed by atoms with Gasteiger partial charge in [-0.3, -0.25) is 4.79 Å². The Labute approximate surface area is 141 Å². The van der Waals surface area contributed by atoms with Crippen LogP contribution in [0.3, 0.4) is 0 Å². The molecule has 24 heavy (non-hydrogen) atoms. The number of hydrogen-bond donors (Lipinski definition) is 1. The number of hydrogen-bond acceptors (Lipinski definition) is 5. The molecular formula is C18H22N2O4. The fourth-order valence-electron chi connectivity index (χ4n) is 3.09. The minimum absolute atomic E-state index is 0.200. The van der Waals surface area contributed by atoms with Gasteiger partial charge >= 0.3 is 0 Å². The maximum absolute atomic E-state index is 12.8. The highest BCUT2D eigenvalue weighted by Gasteiger charge is 2.36. The Morgan fingerprint density at radius 2 is 2.33 bits per heavy atom. The van der Waals surface area contributed by atoms with Gasteiger partial charge in [-0.1, -0.05) is 19.1 Å². The average Bonchev–Trinajstić information content (AvgIpc) is 3.21. The minimum Gasteiger partial charge on any atom is -0.497 e. The van der Waals surface area contributed by atoms with E-state index in [1.54, 1.807) is 12.0 Å². The number of oxazole rings is 1. The second-order valence-electron chi connectivity index (χ2n) is 6.02. The Kier molecular flexibility index (Phi) is 4.85. The molecule has 1 saturated heterocycles. The first-order chi connectivity index (χ1) is 11.6. The molecule has 1 aliphatic heterocycles. The highest BCUT2D eigenvalue weighted by atomic mass is 16.5. The van der Waals surface area contributed by atoms with Gasteiger partial charge in [-0.15, -0.1) is 0 Å². The quantitative estimate of drug-likeness (QED) is 0.912. The number of aliphatic hydroxyl groups is 1. The van der Waals surface area contributed by atoms with Crippen LogP contribution in [0.5, 0.6) is 5.75 Å². The van der Waals surface area contributed by atoms with Crippen molar-refractivity contribution in [2.75, 3.05) is 13.7 Å². The molecule has 1 amide bonds. The van der Waals surface area contributed by atoms with Crippen LogP contribution in [0.2, 0.25) is 0 Å². The van der Waals surface area contributed by atoms with Crippen molar-refractivity contribution in [1.29, 1.82) is 0 Å². The number of aliphatic hydroxyl groups excluding tert-OH is 1. The molecular weight excluding hydrogens is 308 g/mol. The topological polar surface area (TPSA) is 75.8 Å². The molecule has 1 aromatic heterocycles. The lowest BCUT2D eigenvalue weighted by atomic mass is 10.0. The molecule has 2 heterocycles. The first kappa shape index (κ1) is 16.5. The van der Waals surface area contributed by atoms with Crippen LogP contribution in [-0.2, 0) is 6.42 Å². The number of carbonyl (C=O) groups excluding carboxylic acids is 1. The standard InChI is InChI=1S/C18H22N2O4/c1-3-5-17-19-15(11-24-17)18(22)20-10-13(21)9-16(20)12-6-4-7-14(8-12)23-2/h4,6-8,11,13,16,21H,3,5,9-10H2,1-2H3/t13-,16-/m1/s1. The maximum Gasteiger partial charge on any atom is 0.276 e. The number of carbonyl (C=O) groups is 1. The van der Waals surface area contributed by atoms with E-state index in [0.717, 1.165) is 17.7 Å². The average molecular weight is 330 g/mol. The van der Waals surface area contributed by atoms with Crippen LogP contribution in [-0.4, -0.2) is 40.7 Å². The molecule has 0 bridgehead atoms. The molecule has 2 atom stereocenters. The summed E-state index contributed by atoms with van der Waals surface area (Å²) in [4.78, 5) is 18.7. The van der Waals surface area contributed by atoms with E-state index in [4.69, 9.17) is 9.15 Å². The summed E-state index contributed by atoms with van der Waals surface area (Å²) >= 11 is 0. The molecule has 0 spiro atoms. The number of benzene rings is 1. The first-order valence-corrected chi connectivity index (χ1v) is 8.19. The summed E-state index contributed by atoms with van der Waals surface area (Å²) in [6.45, 7) is 2.32.